The third-order valence-electron chi connectivity index (χ3n) is 3.50. The second kappa shape index (κ2) is 6.02. The number of phenols is 1. The number of ether oxygens (including phenoxy) is 1. The summed E-state index contributed by atoms with van der Waals surface area (Å²) in [4.78, 5) is 11.8. The lowest BCUT2D eigenvalue weighted by Gasteiger charge is -2.21. The highest BCUT2D eigenvalue weighted by Gasteiger charge is 2.26. The second-order valence-corrected chi connectivity index (χ2v) is 4.82. The van der Waals surface area contributed by atoms with Crippen LogP contribution in [0.1, 0.15) is 37.3 Å². The van der Waals surface area contributed by atoms with Gasteiger partial charge in [-0.25, -0.2) is 9.18 Å². The Morgan fingerprint density at radius 2 is 2.16 bits per heavy atom. The normalized spacial score (nSPS) is 17.4. The molecular weight excluding hydrogens is 249 g/mol. The summed E-state index contributed by atoms with van der Waals surface area (Å²) in [5.41, 5.74) is 0.467. The van der Waals surface area contributed by atoms with Gasteiger partial charge in [0, 0.05) is 6.04 Å². The Labute approximate surface area is 111 Å². The molecule has 0 spiro atoms. The zero-order chi connectivity index (χ0) is 13.8. The van der Waals surface area contributed by atoms with Crippen molar-refractivity contribution in [3.05, 3.63) is 29.6 Å². The summed E-state index contributed by atoms with van der Waals surface area (Å²) < 4.78 is 18.2. The van der Waals surface area contributed by atoms with Gasteiger partial charge in [-0.1, -0.05) is 18.9 Å². The molecule has 0 saturated heterocycles. The first-order chi connectivity index (χ1) is 9.11. The van der Waals surface area contributed by atoms with Crippen LogP contribution in [0, 0.1) is 5.82 Å². The van der Waals surface area contributed by atoms with Crippen molar-refractivity contribution in [3.63, 3.8) is 0 Å². The van der Waals surface area contributed by atoms with Gasteiger partial charge >= 0.3 is 5.97 Å². The SMILES string of the molecule is COC(=O)C(NC1CCCC1)c1ccc(O)c(F)c1. The highest BCUT2D eigenvalue weighted by molar-refractivity contribution is 5.77. The number of aromatic hydroxyl groups is 1. The molecule has 0 amide bonds. The maximum atomic E-state index is 13.4. The number of halogens is 1. The van der Waals surface area contributed by atoms with Crippen LogP contribution in [0.3, 0.4) is 0 Å². The molecule has 2 N–H and O–H groups in total. The number of methoxy groups -OCH3 is 1. The van der Waals surface area contributed by atoms with Crippen LogP contribution in [0.25, 0.3) is 0 Å². The maximum absolute atomic E-state index is 13.4. The third kappa shape index (κ3) is 3.23. The Bertz CT molecular complexity index is 458. The van der Waals surface area contributed by atoms with Gasteiger partial charge in [0.15, 0.2) is 11.6 Å². The van der Waals surface area contributed by atoms with Crippen LogP contribution >= 0.6 is 0 Å². The van der Waals surface area contributed by atoms with E-state index in [1.807, 2.05) is 0 Å². The van der Waals surface area contributed by atoms with E-state index in [1.54, 1.807) is 0 Å². The maximum Gasteiger partial charge on any atom is 0.327 e. The molecule has 4 nitrogen and oxygen atoms in total. The molecule has 19 heavy (non-hydrogen) atoms. The fourth-order valence-corrected chi connectivity index (χ4v) is 2.45. The Morgan fingerprint density at radius 3 is 2.74 bits per heavy atom. The predicted molar refractivity (Wildman–Crippen MR) is 68.2 cm³/mol. The summed E-state index contributed by atoms with van der Waals surface area (Å²) in [6, 6.07) is 3.50. The molecule has 1 fully saturated rings. The largest absolute Gasteiger partial charge is 0.505 e. The van der Waals surface area contributed by atoms with Crippen molar-refractivity contribution >= 4 is 5.97 Å². The monoisotopic (exact) mass is 267 g/mol. The van der Waals surface area contributed by atoms with Gasteiger partial charge in [-0.2, -0.15) is 0 Å². The molecule has 2 rings (SSSR count). The quantitative estimate of drug-likeness (QED) is 0.822. The highest BCUT2D eigenvalue weighted by atomic mass is 19.1. The molecule has 1 atom stereocenters. The van der Waals surface area contributed by atoms with Gasteiger partial charge in [0.1, 0.15) is 6.04 Å². The van der Waals surface area contributed by atoms with Gasteiger partial charge < -0.3 is 9.84 Å². The Balaban J connectivity index is 2.20. The molecule has 1 aliphatic carbocycles. The number of esters is 1. The van der Waals surface area contributed by atoms with Crippen LogP contribution in [-0.2, 0) is 9.53 Å². The van der Waals surface area contributed by atoms with Gasteiger partial charge in [-0.3, -0.25) is 5.32 Å². The highest BCUT2D eigenvalue weighted by Crippen LogP contribution is 2.25. The minimum absolute atomic E-state index is 0.251. The van der Waals surface area contributed by atoms with E-state index in [1.165, 1.54) is 25.3 Å². The molecule has 104 valence electrons. The minimum Gasteiger partial charge on any atom is -0.505 e. The number of carbonyl (C=O) groups is 1. The zero-order valence-corrected chi connectivity index (χ0v) is 10.9. The van der Waals surface area contributed by atoms with Crippen LogP contribution < -0.4 is 5.32 Å². The molecule has 1 unspecified atom stereocenters. The summed E-state index contributed by atoms with van der Waals surface area (Å²) in [5, 5.41) is 12.4. The Kier molecular flexibility index (Phi) is 4.37. The average molecular weight is 267 g/mol. The molecule has 0 heterocycles. The third-order valence-corrected chi connectivity index (χ3v) is 3.50. The molecule has 0 radical (unpaired) electrons. The number of hydrogen-bond acceptors (Lipinski definition) is 4. The topological polar surface area (TPSA) is 58.6 Å². The van der Waals surface area contributed by atoms with E-state index in [4.69, 9.17) is 4.74 Å². The summed E-state index contributed by atoms with van der Waals surface area (Å²) in [7, 11) is 1.31. The number of rotatable bonds is 4. The fourth-order valence-electron chi connectivity index (χ4n) is 2.45. The summed E-state index contributed by atoms with van der Waals surface area (Å²) in [5.74, 6) is -1.61. The van der Waals surface area contributed by atoms with Crippen LogP contribution in [0.4, 0.5) is 4.39 Å². The second-order valence-electron chi connectivity index (χ2n) is 4.82. The molecule has 1 aliphatic rings. The average Bonchev–Trinajstić information content (AvgIpc) is 2.91. The molecule has 1 aromatic carbocycles. The number of hydrogen-bond donors (Lipinski definition) is 2. The van der Waals surface area contributed by atoms with E-state index in [0.717, 1.165) is 25.7 Å². The van der Waals surface area contributed by atoms with E-state index >= 15 is 0 Å². The summed E-state index contributed by atoms with van der Waals surface area (Å²) in [6.07, 6.45) is 4.28. The smallest absolute Gasteiger partial charge is 0.327 e. The van der Waals surface area contributed by atoms with Crippen molar-refractivity contribution in [2.24, 2.45) is 0 Å². The summed E-state index contributed by atoms with van der Waals surface area (Å²) in [6.45, 7) is 0. The van der Waals surface area contributed by atoms with Crippen molar-refractivity contribution in [2.75, 3.05) is 7.11 Å². The van der Waals surface area contributed by atoms with Crippen LogP contribution in [0.2, 0.25) is 0 Å². The standard InChI is InChI=1S/C14H18FNO3/c1-19-14(18)13(16-10-4-2-3-5-10)9-6-7-12(17)11(15)8-9/h6-8,10,13,16-17H,2-5H2,1H3. The van der Waals surface area contributed by atoms with E-state index in [2.05, 4.69) is 5.32 Å². The lowest BCUT2D eigenvalue weighted by Crippen LogP contribution is -2.36. The molecule has 0 aromatic heterocycles. The molecule has 5 heteroatoms. The van der Waals surface area contributed by atoms with Gasteiger partial charge in [0.25, 0.3) is 0 Å². The van der Waals surface area contributed by atoms with Crippen LogP contribution in [-0.4, -0.2) is 24.2 Å². The van der Waals surface area contributed by atoms with E-state index in [9.17, 15) is 14.3 Å². The lowest BCUT2D eigenvalue weighted by molar-refractivity contribution is -0.143. The molecule has 1 aromatic rings. The van der Waals surface area contributed by atoms with Gasteiger partial charge in [0.2, 0.25) is 0 Å². The number of carbonyl (C=O) groups excluding carboxylic acids is 1. The number of benzene rings is 1. The first-order valence-electron chi connectivity index (χ1n) is 6.44. The molecule has 1 saturated carbocycles. The first kappa shape index (κ1) is 13.8. The van der Waals surface area contributed by atoms with Crippen molar-refractivity contribution in [1.29, 1.82) is 0 Å². The first-order valence-corrected chi connectivity index (χ1v) is 6.44. The lowest BCUT2D eigenvalue weighted by atomic mass is 10.0. The molecule has 0 bridgehead atoms. The van der Waals surface area contributed by atoms with E-state index < -0.39 is 23.6 Å². The predicted octanol–water partition coefficient (Wildman–Crippen LogP) is 2.28. The molecular formula is C14H18FNO3. The van der Waals surface area contributed by atoms with Gasteiger partial charge in [-0.15, -0.1) is 0 Å². The summed E-state index contributed by atoms with van der Waals surface area (Å²) >= 11 is 0. The zero-order valence-electron chi connectivity index (χ0n) is 10.9. The van der Waals surface area contributed by atoms with Gasteiger partial charge in [0.05, 0.1) is 7.11 Å². The van der Waals surface area contributed by atoms with Crippen molar-refractivity contribution < 1.29 is 19.0 Å². The van der Waals surface area contributed by atoms with Crippen molar-refractivity contribution in [1.82, 2.24) is 5.32 Å². The fraction of sp³-hybridized carbons (Fsp3) is 0.500. The van der Waals surface area contributed by atoms with E-state index in [0.29, 0.717) is 5.56 Å². The number of phenolic OH excluding ortho intramolecular Hbond substituents is 1. The van der Waals surface area contributed by atoms with Crippen LogP contribution in [0.5, 0.6) is 5.75 Å². The van der Waals surface area contributed by atoms with Crippen LogP contribution in [0.15, 0.2) is 18.2 Å². The Morgan fingerprint density at radius 1 is 1.47 bits per heavy atom. The van der Waals surface area contributed by atoms with Gasteiger partial charge in [-0.05, 0) is 30.5 Å². The van der Waals surface area contributed by atoms with Crippen molar-refractivity contribution in [3.8, 4) is 5.75 Å². The molecule has 0 aliphatic heterocycles. The number of nitrogens with one attached hydrogen (secondary N) is 1. The Hall–Kier alpha value is -1.62. The van der Waals surface area contributed by atoms with E-state index in [-0.39, 0.29) is 6.04 Å². The van der Waals surface area contributed by atoms with Crippen molar-refractivity contribution in [2.45, 2.75) is 37.8 Å². The minimum atomic E-state index is -0.736.